The molecule has 0 amide bonds. The number of aromatic nitrogens is 1. The predicted molar refractivity (Wildman–Crippen MR) is 110 cm³/mol. The number of ether oxygens (including phenoxy) is 1. The fourth-order valence-corrected chi connectivity index (χ4v) is 3.24. The van der Waals surface area contributed by atoms with Crippen molar-refractivity contribution in [2.24, 2.45) is 0 Å². The number of nitrogens with zero attached hydrogens (tertiary/aromatic N) is 1. The third-order valence-corrected chi connectivity index (χ3v) is 4.71. The van der Waals surface area contributed by atoms with Crippen molar-refractivity contribution in [2.75, 3.05) is 0 Å². The topological polar surface area (TPSA) is 102 Å². The number of Topliss-reactive ketones (excluding diaryl/α,β-unsaturated/α-hetero) is 1. The number of benzene rings is 3. The molecule has 0 aliphatic rings. The van der Waals surface area contributed by atoms with E-state index in [1.54, 1.807) is 36.5 Å². The first-order valence-corrected chi connectivity index (χ1v) is 9.15. The summed E-state index contributed by atoms with van der Waals surface area (Å²) in [5.41, 5.74) is 1.45. The maximum atomic E-state index is 13.4. The van der Waals surface area contributed by atoms with Crippen molar-refractivity contribution in [3.63, 3.8) is 0 Å². The number of ketones is 1. The molecule has 148 valence electrons. The number of nitro groups is 1. The summed E-state index contributed by atoms with van der Waals surface area (Å²) in [6.07, 6.45) is 0.390. The van der Waals surface area contributed by atoms with Crippen LogP contribution in [0, 0.1) is 10.1 Å². The Kier molecular flexibility index (Phi) is 5.09. The number of carbonyl (C=O) groups excluding carboxylic acids is 2. The van der Waals surface area contributed by atoms with Crippen LogP contribution >= 0.6 is 0 Å². The molecule has 1 heterocycles. The van der Waals surface area contributed by atoms with E-state index in [1.807, 2.05) is 24.3 Å². The summed E-state index contributed by atoms with van der Waals surface area (Å²) in [5, 5.41) is 11.7. The van der Waals surface area contributed by atoms with Gasteiger partial charge in [0.25, 0.3) is 5.69 Å². The minimum absolute atomic E-state index is 0.00291. The number of H-pyrrole nitrogens is 1. The van der Waals surface area contributed by atoms with Crippen LogP contribution in [0.15, 0.2) is 85.1 Å². The number of fused-ring (bicyclic) bond motifs is 1. The summed E-state index contributed by atoms with van der Waals surface area (Å²) in [6.45, 7) is 0. The molecule has 0 aliphatic carbocycles. The number of rotatable bonds is 6. The molecule has 1 atom stereocenters. The van der Waals surface area contributed by atoms with Gasteiger partial charge in [-0.1, -0.05) is 54.6 Å². The normalized spacial score (nSPS) is 11.7. The maximum Gasteiger partial charge on any atom is 0.339 e. The summed E-state index contributed by atoms with van der Waals surface area (Å²) < 4.78 is 5.57. The Hall–Kier alpha value is -4.26. The molecule has 0 fully saturated rings. The lowest BCUT2D eigenvalue weighted by Crippen LogP contribution is -2.20. The van der Waals surface area contributed by atoms with Crippen LogP contribution in [0.25, 0.3) is 10.9 Å². The van der Waals surface area contributed by atoms with Crippen LogP contribution in [0.3, 0.4) is 0 Å². The van der Waals surface area contributed by atoms with E-state index < -0.39 is 22.8 Å². The molecule has 0 bridgehead atoms. The van der Waals surface area contributed by atoms with Crippen molar-refractivity contribution in [1.29, 1.82) is 0 Å². The van der Waals surface area contributed by atoms with Crippen molar-refractivity contribution in [3.8, 4) is 0 Å². The van der Waals surface area contributed by atoms with E-state index in [1.165, 1.54) is 18.2 Å². The largest absolute Gasteiger partial charge is 0.445 e. The summed E-state index contributed by atoms with van der Waals surface area (Å²) in [5.74, 6) is -1.21. The van der Waals surface area contributed by atoms with Gasteiger partial charge in [-0.2, -0.15) is 0 Å². The first-order chi connectivity index (χ1) is 14.5. The van der Waals surface area contributed by atoms with Gasteiger partial charge in [-0.25, -0.2) is 4.79 Å². The van der Waals surface area contributed by atoms with E-state index in [4.69, 9.17) is 4.74 Å². The number of hydrogen-bond acceptors (Lipinski definition) is 5. The zero-order chi connectivity index (χ0) is 21.1. The molecule has 7 nitrogen and oxygen atoms in total. The number of non-ortho nitro benzene ring substituents is 1. The van der Waals surface area contributed by atoms with E-state index in [-0.39, 0.29) is 11.3 Å². The summed E-state index contributed by atoms with van der Waals surface area (Å²) in [4.78, 5) is 39.5. The highest BCUT2D eigenvalue weighted by Gasteiger charge is 2.29. The summed E-state index contributed by atoms with van der Waals surface area (Å²) in [6, 6.07) is 21.2. The lowest BCUT2D eigenvalue weighted by molar-refractivity contribution is -0.384. The molecule has 3 aromatic carbocycles. The molecule has 0 aliphatic heterocycles. The molecule has 0 saturated heterocycles. The third kappa shape index (κ3) is 3.68. The smallest absolute Gasteiger partial charge is 0.339 e. The summed E-state index contributed by atoms with van der Waals surface area (Å²) in [7, 11) is 0. The highest BCUT2D eigenvalue weighted by molar-refractivity contribution is 6.11. The van der Waals surface area contributed by atoms with Gasteiger partial charge in [-0.15, -0.1) is 0 Å². The average Bonchev–Trinajstić information content (AvgIpc) is 3.21. The van der Waals surface area contributed by atoms with Crippen LogP contribution in [0.2, 0.25) is 0 Å². The number of carbonyl (C=O) groups is 2. The van der Waals surface area contributed by atoms with Gasteiger partial charge in [0.1, 0.15) is 0 Å². The van der Waals surface area contributed by atoms with Crippen molar-refractivity contribution < 1.29 is 19.2 Å². The van der Waals surface area contributed by atoms with Crippen LogP contribution in [0.5, 0.6) is 0 Å². The fourth-order valence-electron chi connectivity index (χ4n) is 3.24. The van der Waals surface area contributed by atoms with Crippen molar-refractivity contribution in [1.82, 2.24) is 4.98 Å². The number of para-hydroxylation sites is 1. The van der Waals surface area contributed by atoms with Crippen LogP contribution in [-0.4, -0.2) is 21.7 Å². The first-order valence-electron chi connectivity index (χ1n) is 9.15. The molecule has 30 heavy (non-hydrogen) atoms. The number of esters is 1. The Bertz CT molecular complexity index is 1250. The molecule has 7 heteroatoms. The fraction of sp³-hybridized carbons (Fsp3) is 0.0435. The van der Waals surface area contributed by atoms with Gasteiger partial charge in [0.15, 0.2) is 6.10 Å². The molecule has 0 unspecified atom stereocenters. The lowest BCUT2D eigenvalue weighted by atomic mass is 9.99. The molecule has 4 rings (SSSR count). The second-order valence-electron chi connectivity index (χ2n) is 6.62. The monoisotopic (exact) mass is 400 g/mol. The molecule has 1 aromatic heterocycles. The van der Waals surface area contributed by atoms with Gasteiger partial charge in [-0.3, -0.25) is 14.9 Å². The molecule has 1 N–H and O–H groups in total. The highest BCUT2D eigenvalue weighted by atomic mass is 16.6. The maximum absolute atomic E-state index is 13.4. The van der Waals surface area contributed by atoms with Gasteiger partial charge >= 0.3 is 5.97 Å². The van der Waals surface area contributed by atoms with E-state index >= 15 is 0 Å². The second-order valence-corrected chi connectivity index (χ2v) is 6.62. The number of hydrogen-bond donors (Lipinski definition) is 1. The second kappa shape index (κ2) is 8.00. The van der Waals surface area contributed by atoms with Crippen LogP contribution in [0.1, 0.15) is 32.4 Å². The van der Waals surface area contributed by atoms with Gasteiger partial charge in [0, 0.05) is 40.4 Å². The Morgan fingerprint density at radius 2 is 1.67 bits per heavy atom. The number of aromatic amines is 1. The minimum atomic E-state index is -1.20. The predicted octanol–water partition coefficient (Wildman–Crippen LogP) is 4.86. The van der Waals surface area contributed by atoms with E-state index in [9.17, 15) is 19.7 Å². The first kappa shape index (κ1) is 19.1. The Morgan fingerprint density at radius 1 is 0.933 bits per heavy atom. The quantitative estimate of drug-likeness (QED) is 0.216. The molecule has 4 aromatic rings. The van der Waals surface area contributed by atoms with Gasteiger partial charge in [0.2, 0.25) is 5.78 Å². The van der Waals surface area contributed by atoms with E-state index in [0.29, 0.717) is 11.1 Å². The molecular weight excluding hydrogens is 384 g/mol. The van der Waals surface area contributed by atoms with Gasteiger partial charge in [-0.05, 0) is 12.1 Å². The lowest BCUT2D eigenvalue weighted by Gasteiger charge is -2.17. The standard InChI is InChI=1S/C23H16N2O5/c26-21(19-14-24-20-12-5-4-11-18(19)20)22(15-7-2-1-3-8-15)30-23(27)16-9-6-10-17(13-16)25(28)29/h1-14,22,24H/t22-/m0/s1. The molecule has 0 saturated carbocycles. The van der Waals surface area contributed by atoms with Crippen molar-refractivity contribution in [2.45, 2.75) is 6.10 Å². The van der Waals surface area contributed by atoms with Crippen LogP contribution in [0.4, 0.5) is 5.69 Å². The Labute approximate surface area is 171 Å². The summed E-state index contributed by atoms with van der Waals surface area (Å²) >= 11 is 0. The van der Waals surface area contributed by atoms with Crippen LogP contribution < -0.4 is 0 Å². The van der Waals surface area contributed by atoms with Crippen molar-refractivity contribution >= 4 is 28.3 Å². The van der Waals surface area contributed by atoms with Crippen LogP contribution in [-0.2, 0) is 4.74 Å². The zero-order valence-corrected chi connectivity index (χ0v) is 15.6. The zero-order valence-electron chi connectivity index (χ0n) is 15.6. The molecule has 0 radical (unpaired) electrons. The molecular formula is C23H16N2O5. The SMILES string of the molecule is O=C(O[C@H](C(=O)c1c[nH]c2ccccc12)c1ccccc1)c1cccc([N+](=O)[O-])c1. The third-order valence-electron chi connectivity index (χ3n) is 4.71. The highest BCUT2D eigenvalue weighted by Crippen LogP contribution is 2.28. The van der Waals surface area contributed by atoms with E-state index in [0.717, 1.165) is 17.0 Å². The van der Waals surface area contributed by atoms with Gasteiger partial charge in [0.05, 0.1) is 10.5 Å². The van der Waals surface area contributed by atoms with E-state index in [2.05, 4.69) is 4.98 Å². The molecule has 0 spiro atoms. The minimum Gasteiger partial charge on any atom is -0.445 e. The number of nitrogens with one attached hydrogen (secondary N) is 1. The Morgan fingerprint density at radius 3 is 2.43 bits per heavy atom. The Balaban J connectivity index is 1.70. The van der Waals surface area contributed by atoms with Gasteiger partial charge < -0.3 is 9.72 Å². The number of nitro benzene ring substituents is 1. The van der Waals surface area contributed by atoms with Crippen molar-refractivity contribution in [3.05, 3.63) is 112 Å². The average molecular weight is 400 g/mol.